The lowest BCUT2D eigenvalue weighted by Gasteiger charge is -2.30. The molecule has 0 saturated carbocycles. The molecule has 0 fully saturated rings. The number of aromatic nitrogens is 2. The fourth-order valence-electron chi connectivity index (χ4n) is 4.71. The van der Waals surface area contributed by atoms with Crippen molar-refractivity contribution in [1.29, 1.82) is 0 Å². The minimum absolute atomic E-state index is 0.0731. The molecule has 2 aromatic rings. The molecule has 8 nitrogen and oxygen atoms in total. The number of rotatable bonds is 8. The van der Waals surface area contributed by atoms with E-state index in [4.69, 9.17) is 0 Å². The van der Waals surface area contributed by atoms with Crippen LogP contribution in [0, 0.1) is 0 Å². The van der Waals surface area contributed by atoms with E-state index < -0.39 is 63.7 Å². The summed E-state index contributed by atoms with van der Waals surface area (Å²) in [6.45, 7) is 11.6. The molecule has 0 spiro atoms. The van der Waals surface area contributed by atoms with Gasteiger partial charge in [0.1, 0.15) is 18.0 Å². The Kier molecular flexibility index (Phi) is 17.7. The highest BCUT2D eigenvalue weighted by Crippen LogP contribution is 2.40. The number of allylic oxidation sites excluding steroid dienone is 4. The van der Waals surface area contributed by atoms with Gasteiger partial charge in [-0.2, -0.15) is 26.3 Å². The van der Waals surface area contributed by atoms with E-state index in [1.807, 2.05) is 27.0 Å². The van der Waals surface area contributed by atoms with Crippen LogP contribution in [0.4, 0.5) is 26.3 Å². The predicted molar refractivity (Wildman–Crippen MR) is 178 cm³/mol. The standard InChI is InChI=1S/C24H22F6N4O3.C4H11N.C4H10.C2H6/c1-34-20(12-6-3-2-4-7-12)32-17-15(10-13(23(25,26)27)11-16(17)21(34)35)18(24(28,29)30)33-19-14(22(36)37)8-5-9-31-19;1-3-4-5-2;1-3-4-2;1-2/h5-6,8-11,18-19,31,33H,2-4,7H2,1H3,(H,36,37);5H,3-4H2,1-2H3;3-4H2,1-2H3;1-2H3. The van der Waals surface area contributed by atoms with Crippen molar-refractivity contribution in [1.82, 2.24) is 25.5 Å². The van der Waals surface area contributed by atoms with E-state index in [-0.39, 0.29) is 5.82 Å². The first kappa shape index (κ1) is 42.4. The molecule has 1 aliphatic carbocycles. The third kappa shape index (κ3) is 11.8. The maximum Gasteiger partial charge on any atom is 0.416 e. The first-order chi connectivity index (χ1) is 22.6. The molecular weight excluding hydrogens is 640 g/mol. The molecule has 0 saturated heterocycles. The Labute approximate surface area is 278 Å². The summed E-state index contributed by atoms with van der Waals surface area (Å²) in [6.07, 6.45) is 0.187. The Morgan fingerprint density at radius 3 is 2.19 bits per heavy atom. The molecule has 2 heterocycles. The van der Waals surface area contributed by atoms with E-state index in [1.54, 1.807) is 0 Å². The Balaban J connectivity index is 0.000000917. The van der Waals surface area contributed by atoms with Gasteiger partial charge in [0.2, 0.25) is 0 Å². The van der Waals surface area contributed by atoms with Gasteiger partial charge >= 0.3 is 18.3 Å². The van der Waals surface area contributed by atoms with Crippen LogP contribution in [0.15, 0.2) is 46.9 Å². The van der Waals surface area contributed by atoms with Crippen LogP contribution in [0.1, 0.15) is 103 Å². The smallest absolute Gasteiger partial charge is 0.416 e. The maximum atomic E-state index is 14.4. The quantitative estimate of drug-likeness (QED) is 0.208. The van der Waals surface area contributed by atoms with Gasteiger partial charge in [0.25, 0.3) is 5.56 Å². The summed E-state index contributed by atoms with van der Waals surface area (Å²) in [5.74, 6) is -1.45. The van der Waals surface area contributed by atoms with Gasteiger partial charge in [-0.15, -0.1) is 0 Å². The van der Waals surface area contributed by atoms with Gasteiger partial charge in [-0.25, -0.2) is 9.78 Å². The Morgan fingerprint density at radius 1 is 1.08 bits per heavy atom. The summed E-state index contributed by atoms with van der Waals surface area (Å²) in [5.41, 5.74) is -3.73. The lowest BCUT2D eigenvalue weighted by Crippen LogP contribution is -2.49. The number of dihydropyridines is 1. The largest absolute Gasteiger partial charge is 0.478 e. The molecule has 2 unspecified atom stereocenters. The van der Waals surface area contributed by atoms with Gasteiger partial charge in [0.05, 0.1) is 22.0 Å². The van der Waals surface area contributed by atoms with Crippen LogP contribution < -0.4 is 21.5 Å². The number of carboxylic acid groups (broad SMARTS) is 1. The summed E-state index contributed by atoms with van der Waals surface area (Å²) >= 11 is 0. The monoisotopic (exact) mass is 689 g/mol. The summed E-state index contributed by atoms with van der Waals surface area (Å²) in [6, 6.07) is -2.00. The molecule has 48 heavy (non-hydrogen) atoms. The van der Waals surface area contributed by atoms with E-state index >= 15 is 0 Å². The normalized spacial score (nSPS) is 16.5. The Hall–Kier alpha value is -3.65. The maximum absolute atomic E-state index is 14.4. The Morgan fingerprint density at radius 2 is 1.73 bits per heavy atom. The van der Waals surface area contributed by atoms with E-state index in [9.17, 15) is 41.0 Å². The lowest BCUT2D eigenvalue weighted by molar-refractivity contribution is -0.160. The van der Waals surface area contributed by atoms with Crippen molar-refractivity contribution in [2.45, 2.75) is 104 Å². The Bertz CT molecular complexity index is 1470. The molecule has 270 valence electrons. The van der Waals surface area contributed by atoms with Crippen LogP contribution in [0.25, 0.3) is 16.5 Å². The molecule has 4 N–H and O–H groups in total. The summed E-state index contributed by atoms with van der Waals surface area (Å²) in [7, 11) is 3.27. The number of unbranched alkanes of at least 4 members (excludes halogenated alkanes) is 1. The topological polar surface area (TPSA) is 108 Å². The van der Waals surface area contributed by atoms with E-state index in [0.29, 0.717) is 30.5 Å². The number of carboxylic acids is 1. The van der Waals surface area contributed by atoms with Crippen molar-refractivity contribution in [3.63, 3.8) is 0 Å². The van der Waals surface area contributed by atoms with Crippen LogP contribution in [-0.4, -0.2) is 46.6 Å². The van der Waals surface area contributed by atoms with Gasteiger partial charge in [0, 0.05) is 12.6 Å². The van der Waals surface area contributed by atoms with Gasteiger partial charge in [-0.1, -0.05) is 53.5 Å². The van der Waals surface area contributed by atoms with Gasteiger partial charge in [0.15, 0.2) is 0 Å². The fraction of sp³-hybridized carbons (Fsp3) is 0.559. The highest BCUT2D eigenvalue weighted by atomic mass is 19.4. The van der Waals surface area contributed by atoms with Gasteiger partial charge < -0.3 is 15.7 Å². The molecule has 2 atom stereocenters. The number of aliphatic carboxylic acids is 1. The summed E-state index contributed by atoms with van der Waals surface area (Å²) in [4.78, 5) is 29.0. The molecule has 1 aromatic carbocycles. The average molecular weight is 690 g/mol. The molecule has 0 amide bonds. The van der Waals surface area contributed by atoms with Crippen molar-refractivity contribution in [2.75, 3.05) is 13.6 Å². The third-order valence-corrected chi connectivity index (χ3v) is 7.28. The zero-order valence-electron chi connectivity index (χ0n) is 28.7. The number of carbonyl (C=O) groups is 1. The molecule has 0 radical (unpaired) electrons. The zero-order chi connectivity index (χ0) is 36.7. The first-order valence-electron chi connectivity index (χ1n) is 16.3. The molecule has 2 aliphatic rings. The van der Waals surface area contributed by atoms with Crippen molar-refractivity contribution < 1.29 is 36.2 Å². The number of hydrogen-bond donors (Lipinski definition) is 4. The van der Waals surface area contributed by atoms with Gasteiger partial charge in [-0.05, 0) is 81.8 Å². The van der Waals surface area contributed by atoms with Crippen molar-refractivity contribution >= 4 is 22.4 Å². The average Bonchev–Trinajstić information content (AvgIpc) is 3.06. The SMILES string of the molecule is CC.CCCC.CCCNC.Cn1c(C2=CCCCC2)nc2c(C(NC3NC=CC=C3C(=O)O)C(F)(F)F)cc(C(F)(F)F)cc2c1=O. The third-order valence-electron chi connectivity index (χ3n) is 7.28. The second-order valence-electron chi connectivity index (χ2n) is 10.9. The predicted octanol–water partition coefficient (Wildman–Crippen LogP) is 8.01. The van der Waals surface area contributed by atoms with E-state index in [0.717, 1.165) is 30.0 Å². The van der Waals surface area contributed by atoms with E-state index in [2.05, 4.69) is 41.7 Å². The van der Waals surface area contributed by atoms with Gasteiger partial charge in [-0.3, -0.25) is 14.7 Å². The van der Waals surface area contributed by atoms with E-state index in [1.165, 1.54) is 38.6 Å². The minimum Gasteiger partial charge on any atom is -0.478 e. The number of halogens is 6. The lowest BCUT2D eigenvalue weighted by atomic mass is 9.96. The second-order valence-corrected chi connectivity index (χ2v) is 10.9. The molecule has 1 aliphatic heterocycles. The molecular formula is C34H49F6N5O3. The van der Waals surface area contributed by atoms with Crippen molar-refractivity contribution in [3.05, 3.63) is 69.4 Å². The molecule has 0 bridgehead atoms. The van der Waals surface area contributed by atoms with Crippen LogP contribution in [-0.2, 0) is 18.0 Å². The first-order valence-corrected chi connectivity index (χ1v) is 16.3. The minimum atomic E-state index is -5.18. The second kappa shape index (κ2) is 20.0. The molecule has 4 rings (SSSR count). The van der Waals surface area contributed by atoms with Crippen LogP contribution in [0.2, 0.25) is 0 Å². The molecule has 14 heteroatoms. The number of benzene rings is 1. The number of alkyl halides is 6. The number of fused-ring (bicyclic) bond motifs is 1. The van der Waals surface area contributed by atoms with Crippen LogP contribution in [0.3, 0.4) is 0 Å². The fourth-order valence-corrected chi connectivity index (χ4v) is 4.71. The van der Waals surface area contributed by atoms with Crippen molar-refractivity contribution in [3.8, 4) is 0 Å². The number of nitrogens with zero attached hydrogens (tertiary/aromatic N) is 2. The summed E-state index contributed by atoms with van der Waals surface area (Å²) < 4.78 is 85.5. The molecule has 1 aromatic heterocycles. The highest BCUT2D eigenvalue weighted by Gasteiger charge is 2.45. The van der Waals surface area contributed by atoms with Crippen LogP contribution >= 0.6 is 0 Å². The van der Waals surface area contributed by atoms with Crippen molar-refractivity contribution in [2.24, 2.45) is 7.05 Å². The summed E-state index contributed by atoms with van der Waals surface area (Å²) in [5, 5.41) is 16.3. The highest BCUT2D eigenvalue weighted by molar-refractivity contribution is 5.89. The zero-order valence-corrected chi connectivity index (χ0v) is 28.7. The number of hydrogen-bond acceptors (Lipinski definition) is 6. The number of nitrogens with one attached hydrogen (secondary N) is 3. The van der Waals surface area contributed by atoms with Crippen LogP contribution in [0.5, 0.6) is 0 Å².